The summed E-state index contributed by atoms with van der Waals surface area (Å²) < 4.78 is 2.13. The molecule has 4 aromatic rings. The molecule has 0 unspecified atom stereocenters. The normalized spacial score (nSPS) is 12.2. The average molecular weight is 364 g/mol. The molecule has 0 fully saturated rings. The first-order valence-electron chi connectivity index (χ1n) is 6.15. The highest BCUT2D eigenvalue weighted by Gasteiger charge is 2.03. The van der Waals surface area contributed by atoms with Crippen molar-refractivity contribution in [1.29, 1.82) is 0 Å². The molecule has 0 bridgehead atoms. The summed E-state index contributed by atoms with van der Waals surface area (Å²) in [7, 11) is 0. The van der Waals surface area contributed by atoms with E-state index in [0.29, 0.717) is 0 Å². The smallest absolute Gasteiger partial charge is 0.236 e. The van der Waals surface area contributed by atoms with Gasteiger partial charge in [0.1, 0.15) is 10.2 Å². The first-order chi connectivity index (χ1) is 12.5. The maximum Gasteiger partial charge on any atom is 0.320 e. The fourth-order valence-electron chi connectivity index (χ4n) is 1.51. The van der Waals surface area contributed by atoms with Crippen molar-refractivity contribution in [3.63, 3.8) is 0 Å². The van der Waals surface area contributed by atoms with E-state index < -0.39 is 10.1 Å². The van der Waals surface area contributed by atoms with Gasteiger partial charge in [0.05, 0.1) is 0 Å². The van der Waals surface area contributed by atoms with Crippen molar-refractivity contribution in [2.24, 2.45) is 10.2 Å². The predicted octanol–water partition coefficient (Wildman–Crippen LogP) is -4.12. The van der Waals surface area contributed by atoms with Gasteiger partial charge < -0.3 is 0 Å². The molecule has 4 heterocycles. The van der Waals surface area contributed by atoms with Gasteiger partial charge in [-0.15, -0.1) is 40.8 Å². The third-order valence-corrected chi connectivity index (χ3v) is 2.38. The van der Waals surface area contributed by atoms with Crippen LogP contribution in [0.5, 0.6) is 0 Å². The summed E-state index contributed by atoms with van der Waals surface area (Å²) in [4.78, 5) is 20.0. The Morgan fingerprint density at radius 2 is 1.27 bits per heavy atom. The molecule has 0 aromatic carbocycles. The second-order valence-electron chi connectivity index (χ2n) is 3.89. The lowest BCUT2D eigenvalue weighted by atomic mass is 11.1. The summed E-state index contributed by atoms with van der Waals surface area (Å²) in [6.07, 6.45) is 2.25. The van der Waals surface area contributed by atoms with Gasteiger partial charge in [0.2, 0.25) is 0 Å². The zero-order valence-corrected chi connectivity index (χ0v) is 12.0. The number of aromatic nitrogens is 12. The quantitative estimate of drug-likeness (QED) is 0.254. The monoisotopic (exact) mass is 364 g/mol. The Labute approximate surface area is 137 Å². The Balaban J connectivity index is 0.000000151. The minimum absolute atomic E-state index is 0.114. The maximum absolute atomic E-state index is 10.0. The molecule has 0 aliphatic rings. The lowest BCUT2D eigenvalue weighted by Crippen LogP contribution is -2.17. The molecule has 0 saturated carbocycles. The van der Waals surface area contributed by atoms with Gasteiger partial charge in [0.15, 0.2) is 22.7 Å². The Hall–Kier alpha value is -4.78. The average Bonchev–Trinajstić information content (AvgIpc) is 3.20. The van der Waals surface area contributed by atoms with Gasteiger partial charge in [0, 0.05) is 0 Å². The minimum atomic E-state index is -0.859. The molecule has 0 radical (unpaired) electrons. The van der Waals surface area contributed by atoms with Crippen LogP contribution in [0.2, 0.25) is 0 Å². The number of nitrogens with zero attached hydrogens (tertiary/aromatic N) is 14. The summed E-state index contributed by atoms with van der Waals surface area (Å²) in [6, 6.07) is 0. The highest BCUT2D eigenvalue weighted by molar-refractivity contribution is 5.17. The van der Waals surface area contributed by atoms with E-state index in [1.807, 2.05) is 0 Å². The molecule has 20 heteroatoms. The maximum atomic E-state index is 10.0. The molecule has 4 rings (SSSR count). The van der Waals surface area contributed by atoms with Gasteiger partial charge in [-0.2, -0.15) is 9.03 Å². The fourth-order valence-corrected chi connectivity index (χ4v) is 1.51. The van der Waals surface area contributed by atoms with Crippen LogP contribution in [0.4, 0.5) is 0 Å². The SMILES string of the molecule is O=[N+]([O-])/N=c1\[nH]nc2nncnn12.O=[N+]([O-])/N=c1\[nH]nc2nncnn12. The van der Waals surface area contributed by atoms with Crippen molar-refractivity contribution in [1.82, 2.24) is 60.0 Å². The van der Waals surface area contributed by atoms with E-state index in [0.717, 1.165) is 21.7 Å². The van der Waals surface area contributed by atoms with Gasteiger partial charge in [-0.25, -0.2) is 30.4 Å². The number of nitrogens with one attached hydrogen (secondary N) is 2. The molecule has 132 valence electrons. The van der Waals surface area contributed by atoms with Crippen LogP contribution < -0.4 is 11.2 Å². The molecule has 0 atom stereocenters. The second kappa shape index (κ2) is 6.77. The standard InChI is InChI=1S/2C3H2N8O2/c2*12-11(13)9-3-8-7-2-6-4-1-5-10(2)3/h2*1H,(H,8,9). The predicted molar refractivity (Wildman–Crippen MR) is 71.0 cm³/mol. The molecule has 0 aliphatic heterocycles. The number of nitro groups is 2. The summed E-state index contributed by atoms with van der Waals surface area (Å²) in [5.74, 6) is 0.228. The van der Waals surface area contributed by atoms with Crippen molar-refractivity contribution in [3.05, 3.63) is 44.1 Å². The molecule has 20 nitrogen and oxygen atoms in total. The summed E-state index contributed by atoms with van der Waals surface area (Å²) in [5, 5.41) is 57.2. The van der Waals surface area contributed by atoms with Gasteiger partial charge in [-0.05, 0) is 0 Å². The first-order valence-corrected chi connectivity index (χ1v) is 6.15. The number of hydrogen-bond acceptors (Lipinski definition) is 12. The van der Waals surface area contributed by atoms with E-state index in [1.165, 1.54) is 0 Å². The van der Waals surface area contributed by atoms with Crippen LogP contribution >= 0.6 is 0 Å². The van der Waals surface area contributed by atoms with Gasteiger partial charge >= 0.3 is 11.2 Å². The highest BCUT2D eigenvalue weighted by atomic mass is 16.7. The van der Waals surface area contributed by atoms with Crippen molar-refractivity contribution < 1.29 is 10.1 Å². The third-order valence-electron chi connectivity index (χ3n) is 2.38. The van der Waals surface area contributed by atoms with Crippen LogP contribution in [0.15, 0.2) is 22.9 Å². The van der Waals surface area contributed by atoms with Gasteiger partial charge in [0.25, 0.3) is 11.6 Å². The zero-order valence-electron chi connectivity index (χ0n) is 12.0. The van der Waals surface area contributed by atoms with Crippen LogP contribution in [0.1, 0.15) is 0 Å². The largest absolute Gasteiger partial charge is 0.320 e. The van der Waals surface area contributed by atoms with Crippen molar-refractivity contribution >= 4 is 11.6 Å². The van der Waals surface area contributed by atoms with Crippen LogP contribution in [-0.4, -0.2) is 70.1 Å². The van der Waals surface area contributed by atoms with Gasteiger partial charge in [-0.3, -0.25) is 0 Å². The van der Waals surface area contributed by atoms with E-state index in [1.54, 1.807) is 0 Å². The third kappa shape index (κ3) is 3.42. The Morgan fingerprint density at radius 1 is 0.846 bits per heavy atom. The molecule has 0 spiro atoms. The summed E-state index contributed by atoms with van der Waals surface area (Å²) >= 11 is 0. The number of rotatable bonds is 2. The molecule has 0 saturated heterocycles. The lowest BCUT2D eigenvalue weighted by molar-refractivity contribution is -0.491. The van der Waals surface area contributed by atoms with E-state index in [4.69, 9.17) is 0 Å². The second-order valence-corrected chi connectivity index (χ2v) is 3.89. The number of fused-ring (bicyclic) bond motifs is 2. The van der Waals surface area contributed by atoms with Crippen LogP contribution in [0.25, 0.3) is 11.6 Å². The highest BCUT2D eigenvalue weighted by Crippen LogP contribution is 1.80. The van der Waals surface area contributed by atoms with E-state index in [9.17, 15) is 20.2 Å². The summed E-state index contributed by atoms with van der Waals surface area (Å²) in [6.45, 7) is 0. The molecule has 0 aliphatic carbocycles. The molecule has 26 heavy (non-hydrogen) atoms. The Morgan fingerprint density at radius 3 is 1.65 bits per heavy atom. The molecule has 0 amide bonds. The number of aromatic amines is 2. The zero-order chi connectivity index (χ0) is 18.5. The molecular weight excluding hydrogens is 360 g/mol. The van der Waals surface area contributed by atoms with Gasteiger partial charge in [-0.1, -0.05) is 0 Å². The topological polar surface area (TPSA) is 255 Å². The van der Waals surface area contributed by atoms with E-state index in [-0.39, 0.29) is 22.8 Å². The Kier molecular flexibility index (Phi) is 4.19. The fraction of sp³-hybridized carbons (Fsp3) is 0. The molecular formula is C6H4N16O4. The lowest BCUT2D eigenvalue weighted by Gasteiger charge is -1.82. The number of H-pyrrole nitrogens is 2. The molecule has 4 aromatic heterocycles. The molecule has 2 N–H and O–H groups in total. The number of hydrogen-bond donors (Lipinski definition) is 2. The van der Waals surface area contributed by atoms with Crippen molar-refractivity contribution in [3.8, 4) is 0 Å². The van der Waals surface area contributed by atoms with Crippen LogP contribution in [0, 0.1) is 20.2 Å². The first kappa shape index (κ1) is 16.1. The van der Waals surface area contributed by atoms with Crippen molar-refractivity contribution in [2.75, 3.05) is 0 Å². The summed E-state index contributed by atoms with van der Waals surface area (Å²) in [5.41, 5.74) is -0.232. The Bertz CT molecular complexity index is 1110. The van der Waals surface area contributed by atoms with Crippen molar-refractivity contribution in [2.45, 2.75) is 0 Å². The minimum Gasteiger partial charge on any atom is -0.236 e. The van der Waals surface area contributed by atoms with Crippen LogP contribution in [0.3, 0.4) is 0 Å². The van der Waals surface area contributed by atoms with Crippen LogP contribution in [-0.2, 0) is 0 Å². The van der Waals surface area contributed by atoms with E-state index >= 15 is 0 Å². The van der Waals surface area contributed by atoms with E-state index in [2.05, 4.69) is 61.2 Å².